The second kappa shape index (κ2) is 15.8. The first-order chi connectivity index (χ1) is 24.2. The van der Waals surface area contributed by atoms with Crippen molar-refractivity contribution in [2.75, 3.05) is 21.3 Å². The lowest BCUT2D eigenvalue weighted by Crippen LogP contribution is -2.21. The molecule has 262 valence electrons. The van der Waals surface area contributed by atoms with E-state index in [1.807, 2.05) is 30.4 Å². The topological polar surface area (TPSA) is 90.8 Å². The highest BCUT2D eigenvalue weighted by Gasteiger charge is 2.37. The Morgan fingerprint density at radius 3 is 1.62 bits per heavy atom. The molecule has 0 amide bonds. The zero-order valence-corrected chi connectivity index (χ0v) is 28.9. The van der Waals surface area contributed by atoms with Crippen LogP contribution in [0.5, 0.6) is 11.8 Å². The molecule has 2 heterocycles. The lowest BCUT2D eigenvalue weighted by atomic mass is 9.75. The molecular formula is C41H44F2N2O5. The Morgan fingerprint density at radius 1 is 0.740 bits per heavy atom. The molecule has 0 atom stereocenters. The molecule has 7 nitrogen and oxygen atoms in total. The predicted molar refractivity (Wildman–Crippen MR) is 190 cm³/mol. The number of aliphatic hydroxyl groups excluding tert-OH is 1. The molecule has 6 rings (SSSR count). The second-order valence-electron chi connectivity index (χ2n) is 12.8. The third kappa shape index (κ3) is 7.19. The van der Waals surface area contributed by atoms with E-state index in [4.69, 9.17) is 14.2 Å². The molecule has 50 heavy (non-hydrogen) atoms. The first-order valence-corrected chi connectivity index (χ1v) is 16.8. The summed E-state index contributed by atoms with van der Waals surface area (Å²) < 4.78 is 44.2. The molecule has 2 aromatic heterocycles. The lowest BCUT2D eigenvalue weighted by molar-refractivity contribution is 0.0600. The van der Waals surface area contributed by atoms with E-state index in [-0.39, 0.29) is 23.3 Å². The predicted octanol–water partition coefficient (Wildman–Crippen LogP) is 9.07. The van der Waals surface area contributed by atoms with Gasteiger partial charge in [0.1, 0.15) is 11.6 Å². The van der Waals surface area contributed by atoms with Crippen LogP contribution in [0.2, 0.25) is 0 Å². The van der Waals surface area contributed by atoms with Crippen molar-refractivity contribution in [1.82, 2.24) is 9.97 Å². The van der Waals surface area contributed by atoms with Crippen molar-refractivity contribution in [3.05, 3.63) is 120 Å². The van der Waals surface area contributed by atoms with E-state index in [2.05, 4.69) is 23.1 Å². The molecule has 2 aliphatic carbocycles. The highest BCUT2D eigenvalue weighted by atomic mass is 19.1. The van der Waals surface area contributed by atoms with Crippen LogP contribution < -0.4 is 9.47 Å². The number of aromatic nitrogens is 2. The van der Waals surface area contributed by atoms with Crippen LogP contribution in [0, 0.1) is 11.6 Å². The van der Waals surface area contributed by atoms with Crippen molar-refractivity contribution in [1.29, 1.82) is 0 Å². The molecule has 0 saturated heterocycles. The molecule has 0 bridgehead atoms. The van der Waals surface area contributed by atoms with Gasteiger partial charge in [-0.1, -0.05) is 62.1 Å². The highest BCUT2D eigenvalue weighted by Crippen LogP contribution is 2.48. The van der Waals surface area contributed by atoms with E-state index < -0.39 is 11.8 Å². The van der Waals surface area contributed by atoms with Gasteiger partial charge in [0.25, 0.3) is 0 Å². The van der Waals surface area contributed by atoms with Crippen LogP contribution in [0.1, 0.15) is 78.4 Å². The summed E-state index contributed by atoms with van der Waals surface area (Å²) >= 11 is 0. The fourth-order valence-electron chi connectivity index (χ4n) is 7.43. The van der Waals surface area contributed by atoms with Crippen LogP contribution in [0.3, 0.4) is 0 Å². The van der Waals surface area contributed by atoms with Gasteiger partial charge in [-0.2, -0.15) is 0 Å². The minimum Gasteiger partial charge on any atom is -0.481 e. The number of aliphatic hydroxyl groups is 1. The van der Waals surface area contributed by atoms with Crippen LogP contribution in [0.15, 0.2) is 86.2 Å². The maximum Gasteiger partial charge on any atom is 0.337 e. The minimum absolute atomic E-state index is 0.0390. The van der Waals surface area contributed by atoms with Gasteiger partial charge in [-0.25, -0.2) is 23.5 Å². The van der Waals surface area contributed by atoms with Gasteiger partial charge in [0, 0.05) is 34.1 Å². The highest BCUT2D eigenvalue weighted by molar-refractivity contribution is 5.91. The third-order valence-corrected chi connectivity index (χ3v) is 10.2. The molecule has 2 aliphatic rings. The molecular weight excluding hydrogens is 638 g/mol. The van der Waals surface area contributed by atoms with Gasteiger partial charge in [-0.15, -0.1) is 13.2 Å². The number of pyridine rings is 2. The summed E-state index contributed by atoms with van der Waals surface area (Å²) in [5.41, 5.74) is 5.11. The van der Waals surface area contributed by atoms with E-state index in [0.29, 0.717) is 28.5 Å². The summed E-state index contributed by atoms with van der Waals surface area (Å²) in [4.78, 5) is 19.9. The maximum atomic E-state index is 14.6. The Kier molecular flexibility index (Phi) is 11.5. The average molecular weight is 683 g/mol. The summed E-state index contributed by atoms with van der Waals surface area (Å²) in [5.74, 6) is -0.519. The van der Waals surface area contributed by atoms with Crippen LogP contribution in [0.4, 0.5) is 8.78 Å². The van der Waals surface area contributed by atoms with Crippen molar-refractivity contribution in [2.24, 2.45) is 0 Å². The first kappa shape index (κ1) is 36.4. The number of carbonyl (C=O) groups excluding carboxylic acids is 1. The Hall–Kier alpha value is -4.89. The lowest BCUT2D eigenvalue weighted by Gasteiger charge is -2.29. The fourth-order valence-corrected chi connectivity index (χ4v) is 7.43. The van der Waals surface area contributed by atoms with E-state index in [1.54, 1.807) is 30.3 Å². The number of carbonyl (C=O) groups is 1. The van der Waals surface area contributed by atoms with Crippen LogP contribution in [-0.2, 0) is 22.2 Å². The molecule has 2 fully saturated rings. The number of hydrogen-bond donors (Lipinski definition) is 1. The zero-order chi connectivity index (χ0) is 35.9. The molecule has 0 unspecified atom stereocenters. The SMILES string of the molecule is C=CC1(c2cc(C(=O)OC)ccc2-c2cc(OC)ncc2F)CCCC1.C=CC1(c2cc(CO)ccc2-c2cc(OC)ncc2F)CCCC1. The number of esters is 1. The average Bonchev–Trinajstić information content (AvgIpc) is 3.86. The van der Waals surface area contributed by atoms with Gasteiger partial charge in [-0.05, 0) is 65.6 Å². The minimum atomic E-state index is -0.435. The summed E-state index contributed by atoms with van der Waals surface area (Å²) in [6.45, 7) is 8.04. The number of methoxy groups -OCH3 is 3. The summed E-state index contributed by atoms with van der Waals surface area (Å²) in [7, 11) is 4.36. The molecule has 2 saturated carbocycles. The number of hydrogen-bond acceptors (Lipinski definition) is 7. The van der Waals surface area contributed by atoms with Crippen LogP contribution >= 0.6 is 0 Å². The summed E-state index contributed by atoms with van der Waals surface area (Å²) in [6.07, 6.45) is 14.4. The molecule has 9 heteroatoms. The largest absolute Gasteiger partial charge is 0.481 e. The monoisotopic (exact) mass is 682 g/mol. The van der Waals surface area contributed by atoms with Crippen molar-refractivity contribution < 1.29 is 32.9 Å². The number of rotatable bonds is 10. The zero-order valence-electron chi connectivity index (χ0n) is 28.9. The molecule has 0 spiro atoms. The molecule has 4 aromatic rings. The Labute approximate surface area is 292 Å². The smallest absolute Gasteiger partial charge is 0.337 e. The van der Waals surface area contributed by atoms with Crippen LogP contribution in [-0.4, -0.2) is 42.4 Å². The Bertz CT molecular complexity index is 1860. The van der Waals surface area contributed by atoms with Crippen LogP contribution in [0.25, 0.3) is 22.3 Å². The van der Waals surface area contributed by atoms with Crippen molar-refractivity contribution in [3.8, 4) is 34.0 Å². The third-order valence-electron chi connectivity index (χ3n) is 10.2. The second-order valence-corrected chi connectivity index (χ2v) is 12.8. The Morgan fingerprint density at radius 2 is 1.20 bits per heavy atom. The van der Waals surface area contributed by atoms with E-state index in [1.165, 1.54) is 27.5 Å². The number of halogens is 2. The summed E-state index contributed by atoms with van der Waals surface area (Å²) in [6, 6.07) is 14.1. The standard InChI is InChI=1S/C21H22FNO3.C20H22FNO2/c1-4-21(9-5-6-10-21)17-11-14(20(24)26-3)7-8-15(17)16-12-19(25-2)23-13-18(16)22;1-3-20(8-4-5-9-20)17-10-14(13-23)6-7-15(17)16-11-19(24-2)22-12-18(16)21/h4,7-8,11-13H,1,5-6,9-10H2,2-3H3;3,6-7,10-12,23H,1,4-5,8-9,13H2,2H3. The van der Waals surface area contributed by atoms with Gasteiger partial charge < -0.3 is 19.3 Å². The van der Waals surface area contributed by atoms with Gasteiger partial charge in [0.2, 0.25) is 11.8 Å². The summed E-state index contributed by atoms with van der Waals surface area (Å²) in [5, 5.41) is 9.53. The van der Waals surface area contributed by atoms with Gasteiger partial charge in [0.15, 0.2) is 0 Å². The van der Waals surface area contributed by atoms with Gasteiger partial charge >= 0.3 is 5.97 Å². The number of allylic oxidation sites excluding steroid dienone is 2. The molecule has 2 aromatic carbocycles. The van der Waals surface area contributed by atoms with E-state index in [9.17, 15) is 18.7 Å². The van der Waals surface area contributed by atoms with Crippen molar-refractivity contribution >= 4 is 5.97 Å². The van der Waals surface area contributed by atoms with Crippen molar-refractivity contribution in [2.45, 2.75) is 68.8 Å². The van der Waals surface area contributed by atoms with Crippen molar-refractivity contribution in [3.63, 3.8) is 0 Å². The van der Waals surface area contributed by atoms with Gasteiger partial charge in [0.05, 0.1) is 45.9 Å². The normalized spacial score (nSPS) is 15.8. The van der Waals surface area contributed by atoms with Gasteiger partial charge in [-0.3, -0.25) is 0 Å². The maximum absolute atomic E-state index is 14.6. The Balaban J connectivity index is 0.000000195. The molecule has 0 aliphatic heterocycles. The van der Waals surface area contributed by atoms with E-state index in [0.717, 1.165) is 85.4 Å². The number of nitrogens with zero attached hydrogens (tertiary/aromatic N) is 2. The molecule has 0 radical (unpaired) electrons. The van der Waals surface area contributed by atoms with E-state index >= 15 is 0 Å². The number of ether oxygens (including phenoxy) is 3. The quantitative estimate of drug-likeness (QED) is 0.132. The fraction of sp³-hybridized carbons (Fsp3) is 0.341. The molecule has 1 N–H and O–H groups in total. The first-order valence-electron chi connectivity index (χ1n) is 16.8. The number of benzene rings is 2.